The van der Waals surface area contributed by atoms with Crippen LogP contribution in [-0.4, -0.2) is 32.2 Å². The molecule has 0 unspecified atom stereocenters. The Kier molecular flexibility index (Phi) is 4.66. The number of carbonyl (C=O) groups is 1. The average Bonchev–Trinajstić information content (AvgIpc) is 2.57. The van der Waals surface area contributed by atoms with Gasteiger partial charge in [-0.3, -0.25) is 4.79 Å². The molecule has 0 saturated carbocycles. The Bertz CT molecular complexity index is 485. The van der Waals surface area contributed by atoms with E-state index in [1.54, 1.807) is 6.07 Å². The molecule has 0 spiro atoms. The van der Waals surface area contributed by atoms with E-state index in [2.05, 4.69) is 0 Å². The highest BCUT2D eigenvalue weighted by molar-refractivity contribution is 6.32. The van der Waals surface area contributed by atoms with Gasteiger partial charge in [-0.05, 0) is 25.8 Å². The normalized spacial score (nSPS) is 14.8. The molecule has 104 valence electrons. The van der Waals surface area contributed by atoms with Gasteiger partial charge >= 0.3 is 0 Å². The van der Waals surface area contributed by atoms with Crippen LogP contribution in [0.5, 0.6) is 11.5 Å². The monoisotopic (exact) mass is 284 g/mol. The number of ketones is 1. The van der Waals surface area contributed by atoms with Crippen LogP contribution in [0.15, 0.2) is 6.07 Å². The number of ether oxygens (including phenoxy) is 3. The van der Waals surface area contributed by atoms with Gasteiger partial charge in [0.1, 0.15) is 6.61 Å². The van der Waals surface area contributed by atoms with E-state index in [1.807, 2.05) is 13.8 Å². The van der Waals surface area contributed by atoms with Crippen molar-refractivity contribution in [1.82, 2.24) is 0 Å². The third kappa shape index (κ3) is 2.85. The maximum absolute atomic E-state index is 12.2. The second kappa shape index (κ2) is 6.26. The maximum Gasteiger partial charge on any atom is 0.192 e. The smallest absolute Gasteiger partial charge is 0.192 e. The molecule has 0 saturated heterocycles. The molecule has 19 heavy (non-hydrogen) atoms. The van der Waals surface area contributed by atoms with Gasteiger partial charge in [0.05, 0.1) is 25.4 Å². The number of hydrogen-bond donors (Lipinski definition) is 0. The van der Waals surface area contributed by atoms with Crippen molar-refractivity contribution < 1.29 is 19.0 Å². The second-order valence-corrected chi connectivity index (χ2v) is 4.54. The maximum atomic E-state index is 12.2. The fourth-order valence-corrected chi connectivity index (χ4v) is 2.44. The summed E-state index contributed by atoms with van der Waals surface area (Å²) in [6, 6.07) is 1.72. The fraction of sp³-hybridized carbons (Fsp3) is 0.500. The number of halogens is 1. The summed E-state index contributed by atoms with van der Waals surface area (Å²) in [5.74, 6) is 0.891. The molecule has 1 aliphatic heterocycles. The van der Waals surface area contributed by atoms with Crippen LogP contribution in [0.3, 0.4) is 0 Å². The first-order valence-electron chi connectivity index (χ1n) is 6.40. The van der Waals surface area contributed by atoms with Gasteiger partial charge in [-0.25, -0.2) is 0 Å². The van der Waals surface area contributed by atoms with Gasteiger partial charge in [-0.1, -0.05) is 11.6 Å². The highest BCUT2D eigenvalue weighted by Gasteiger charge is 2.26. The fourth-order valence-electron chi connectivity index (χ4n) is 2.15. The van der Waals surface area contributed by atoms with Crippen LogP contribution in [0.4, 0.5) is 0 Å². The molecule has 0 fully saturated rings. The number of fused-ring (bicyclic) bond motifs is 1. The van der Waals surface area contributed by atoms with Crippen LogP contribution in [0.1, 0.15) is 29.8 Å². The zero-order chi connectivity index (χ0) is 13.8. The van der Waals surface area contributed by atoms with Crippen LogP contribution in [0, 0.1) is 0 Å². The lowest BCUT2D eigenvalue weighted by Gasteiger charge is -2.17. The first-order chi connectivity index (χ1) is 9.19. The highest BCUT2D eigenvalue weighted by Crippen LogP contribution is 2.40. The molecule has 1 aromatic rings. The van der Waals surface area contributed by atoms with Gasteiger partial charge in [0.2, 0.25) is 0 Å². The Balaban J connectivity index is 2.61. The first kappa shape index (κ1) is 14.2. The van der Waals surface area contributed by atoms with Crippen molar-refractivity contribution in [3.05, 3.63) is 22.2 Å². The Labute approximate surface area is 117 Å². The quantitative estimate of drug-likeness (QED) is 0.853. The molecule has 0 N–H and O–H groups in total. The molecule has 1 aromatic carbocycles. The Morgan fingerprint density at radius 3 is 2.74 bits per heavy atom. The molecule has 1 heterocycles. The lowest BCUT2D eigenvalue weighted by Crippen LogP contribution is -2.11. The Hall–Kier alpha value is -1.26. The number of rotatable bonds is 4. The van der Waals surface area contributed by atoms with Crippen molar-refractivity contribution in [2.45, 2.75) is 20.3 Å². The predicted molar refractivity (Wildman–Crippen MR) is 72.6 cm³/mol. The Morgan fingerprint density at radius 2 is 2.05 bits per heavy atom. The molecule has 1 aliphatic rings. The van der Waals surface area contributed by atoms with E-state index in [4.69, 9.17) is 25.8 Å². The van der Waals surface area contributed by atoms with E-state index in [0.29, 0.717) is 48.3 Å². The molecular formula is C14H17ClO4. The van der Waals surface area contributed by atoms with Gasteiger partial charge in [0.15, 0.2) is 17.3 Å². The molecule has 5 heteroatoms. The SMILES string of the molecule is CCOc1cc(Cl)c2c(c1OCC)C(=O)COCC2. The van der Waals surface area contributed by atoms with Gasteiger partial charge in [-0.15, -0.1) is 0 Å². The molecule has 2 rings (SSSR count). The van der Waals surface area contributed by atoms with Crippen LogP contribution >= 0.6 is 11.6 Å². The molecule has 0 bridgehead atoms. The minimum absolute atomic E-state index is 0.0545. The van der Waals surface area contributed by atoms with E-state index >= 15 is 0 Å². The van der Waals surface area contributed by atoms with Crippen LogP contribution in [0.2, 0.25) is 5.02 Å². The average molecular weight is 285 g/mol. The summed E-state index contributed by atoms with van der Waals surface area (Å²) in [5.41, 5.74) is 1.30. The number of Topliss-reactive ketones (excluding diaryl/α,β-unsaturated/α-hetero) is 1. The van der Waals surface area contributed by atoms with E-state index in [1.165, 1.54) is 0 Å². The molecular weight excluding hydrogens is 268 g/mol. The third-order valence-corrected chi connectivity index (χ3v) is 3.23. The number of benzene rings is 1. The molecule has 0 amide bonds. The molecule has 0 aromatic heterocycles. The van der Waals surface area contributed by atoms with Crippen LogP contribution in [0.25, 0.3) is 0 Å². The standard InChI is InChI=1S/C14H17ClO4/c1-3-18-12-7-10(15)9-5-6-17-8-11(16)13(9)14(12)19-4-2/h7H,3-6,8H2,1-2H3. The first-order valence-corrected chi connectivity index (χ1v) is 6.78. The number of hydrogen-bond acceptors (Lipinski definition) is 4. The molecule has 4 nitrogen and oxygen atoms in total. The van der Waals surface area contributed by atoms with Crippen molar-refractivity contribution in [3.8, 4) is 11.5 Å². The van der Waals surface area contributed by atoms with Crippen molar-refractivity contribution >= 4 is 17.4 Å². The van der Waals surface area contributed by atoms with Crippen LogP contribution in [-0.2, 0) is 11.2 Å². The van der Waals surface area contributed by atoms with Crippen molar-refractivity contribution in [2.24, 2.45) is 0 Å². The molecule has 0 atom stereocenters. The van der Waals surface area contributed by atoms with Gasteiger partial charge < -0.3 is 14.2 Å². The summed E-state index contributed by atoms with van der Waals surface area (Å²) in [4.78, 5) is 12.2. The summed E-state index contributed by atoms with van der Waals surface area (Å²) >= 11 is 6.25. The third-order valence-electron chi connectivity index (χ3n) is 2.90. The summed E-state index contributed by atoms with van der Waals surface area (Å²) in [5, 5.41) is 0.528. The minimum Gasteiger partial charge on any atom is -0.490 e. The van der Waals surface area contributed by atoms with Crippen molar-refractivity contribution in [1.29, 1.82) is 0 Å². The predicted octanol–water partition coefficient (Wildman–Crippen LogP) is 2.89. The topological polar surface area (TPSA) is 44.8 Å². The van der Waals surface area contributed by atoms with Crippen LogP contribution < -0.4 is 9.47 Å². The van der Waals surface area contributed by atoms with E-state index < -0.39 is 0 Å². The van der Waals surface area contributed by atoms with Gasteiger partial charge in [-0.2, -0.15) is 0 Å². The summed E-state index contributed by atoms with van der Waals surface area (Å²) < 4.78 is 16.4. The lowest BCUT2D eigenvalue weighted by molar-refractivity contribution is 0.0785. The summed E-state index contributed by atoms with van der Waals surface area (Å²) in [6.07, 6.45) is 0.604. The van der Waals surface area contributed by atoms with E-state index in [0.717, 1.165) is 5.56 Å². The molecule has 0 aliphatic carbocycles. The zero-order valence-electron chi connectivity index (χ0n) is 11.1. The Morgan fingerprint density at radius 1 is 1.32 bits per heavy atom. The van der Waals surface area contributed by atoms with Crippen molar-refractivity contribution in [2.75, 3.05) is 26.4 Å². The summed E-state index contributed by atoms with van der Waals surface area (Å²) in [7, 11) is 0. The zero-order valence-corrected chi connectivity index (χ0v) is 11.9. The highest BCUT2D eigenvalue weighted by atomic mass is 35.5. The van der Waals surface area contributed by atoms with Gasteiger partial charge in [0, 0.05) is 11.1 Å². The van der Waals surface area contributed by atoms with Gasteiger partial charge in [0.25, 0.3) is 0 Å². The molecule has 0 radical (unpaired) electrons. The lowest BCUT2D eigenvalue weighted by atomic mass is 10.00. The minimum atomic E-state index is -0.112. The van der Waals surface area contributed by atoms with Crippen molar-refractivity contribution in [3.63, 3.8) is 0 Å². The second-order valence-electron chi connectivity index (χ2n) is 4.13. The number of carbonyl (C=O) groups excluding carboxylic acids is 1. The van der Waals surface area contributed by atoms with E-state index in [-0.39, 0.29) is 12.4 Å². The summed E-state index contributed by atoms with van der Waals surface area (Å²) in [6.45, 7) is 5.23. The largest absolute Gasteiger partial charge is 0.490 e. The van der Waals surface area contributed by atoms with E-state index in [9.17, 15) is 4.79 Å².